The number of carbonyl (C=O) groups excluding carboxylic acids is 1. The highest BCUT2D eigenvalue weighted by atomic mass is 19.4. The lowest BCUT2D eigenvalue weighted by molar-refractivity contribution is -0.275. The van der Waals surface area contributed by atoms with Gasteiger partial charge in [-0.15, -0.1) is 13.2 Å². The normalized spacial score (nSPS) is 26.3. The number of rotatable bonds is 4. The minimum atomic E-state index is -5.03. The Labute approximate surface area is 157 Å². The van der Waals surface area contributed by atoms with Crippen molar-refractivity contribution in [2.75, 3.05) is 5.32 Å². The summed E-state index contributed by atoms with van der Waals surface area (Å²) in [5.41, 5.74) is 0.514. The van der Waals surface area contributed by atoms with E-state index in [1.54, 1.807) is 24.5 Å². The lowest BCUT2D eigenvalue weighted by atomic mass is 9.75. The van der Waals surface area contributed by atoms with Crippen molar-refractivity contribution < 1.29 is 31.8 Å². The SMILES string of the molecule is O=C(Nc1cccc(OC(F)(F)F)c1F)[C@H]1[C@H](c2ccncc2)[C@@H]2CC[C@H]1O2. The number of nitrogens with zero attached hydrogens (tertiary/aromatic N) is 1. The van der Waals surface area contributed by atoms with E-state index in [9.17, 15) is 22.4 Å². The minimum Gasteiger partial charge on any atom is -0.403 e. The first-order valence-electron chi connectivity index (χ1n) is 8.74. The number of carbonyl (C=O) groups is 1. The molecule has 2 bridgehead atoms. The first kappa shape index (κ1) is 18.7. The molecule has 0 aliphatic carbocycles. The van der Waals surface area contributed by atoms with Crippen LogP contribution in [0.5, 0.6) is 5.75 Å². The summed E-state index contributed by atoms with van der Waals surface area (Å²) in [7, 11) is 0. The smallest absolute Gasteiger partial charge is 0.403 e. The summed E-state index contributed by atoms with van der Waals surface area (Å²) >= 11 is 0. The number of aromatic nitrogens is 1. The van der Waals surface area contributed by atoms with Crippen LogP contribution in [-0.4, -0.2) is 29.5 Å². The summed E-state index contributed by atoms with van der Waals surface area (Å²) in [6, 6.07) is 6.81. The second kappa shape index (κ2) is 7.05. The number of fused-ring (bicyclic) bond motifs is 2. The van der Waals surface area contributed by atoms with Crippen LogP contribution in [0.15, 0.2) is 42.7 Å². The summed E-state index contributed by atoms with van der Waals surface area (Å²) in [5.74, 6) is -3.58. The number of ether oxygens (including phenoxy) is 2. The molecule has 1 amide bonds. The molecule has 4 atom stereocenters. The average Bonchev–Trinajstić information content (AvgIpc) is 3.26. The zero-order valence-corrected chi connectivity index (χ0v) is 14.4. The number of nitrogens with one attached hydrogen (secondary N) is 1. The molecule has 0 saturated carbocycles. The van der Waals surface area contributed by atoms with Crippen LogP contribution >= 0.6 is 0 Å². The molecule has 3 heterocycles. The summed E-state index contributed by atoms with van der Waals surface area (Å²) in [6.45, 7) is 0. The van der Waals surface area contributed by atoms with Crippen LogP contribution in [0.4, 0.5) is 23.2 Å². The topological polar surface area (TPSA) is 60.5 Å². The molecular formula is C19H16F4N2O3. The molecule has 0 spiro atoms. The number of hydrogen-bond donors (Lipinski definition) is 1. The molecule has 2 aromatic rings. The summed E-state index contributed by atoms with van der Waals surface area (Å²) in [5, 5.41) is 2.41. The van der Waals surface area contributed by atoms with E-state index in [4.69, 9.17) is 4.74 Å². The molecule has 2 aliphatic heterocycles. The largest absolute Gasteiger partial charge is 0.573 e. The van der Waals surface area contributed by atoms with E-state index in [2.05, 4.69) is 15.0 Å². The van der Waals surface area contributed by atoms with Crippen LogP contribution in [0.2, 0.25) is 0 Å². The van der Waals surface area contributed by atoms with Gasteiger partial charge in [0.2, 0.25) is 5.91 Å². The highest BCUT2D eigenvalue weighted by molar-refractivity contribution is 5.94. The molecule has 5 nitrogen and oxygen atoms in total. The Morgan fingerprint density at radius 2 is 1.86 bits per heavy atom. The molecule has 1 aromatic carbocycles. The van der Waals surface area contributed by atoms with Gasteiger partial charge in [-0.05, 0) is 42.7 Å². The number of hydrogen-bond acceptors (Lipinski definition) is 4. The number of benzene rings is 1. The first-order valence-corrected chi connectivity index (χ1v) is 8.74. The van der Waals surface area contributed by atoms with E-state index in [1.165, 1.54) is 12.1 Å². The van der Waals surface area contributed by atoms with E-state index in [0.29, 0.717) is 6.42 Å². The summed E-state index contributed by atoms with van der Waals surface area (Å²) < 4.78 is 61.1. The third-order valence-corrected chi connectivity index (χ3v) is 5.11. The lowest BCUT2D eigenvalue weighted by Crippen LogP contribution is -2.36. The monoisotopic (exact) mass is 396 g/mol. The first-order chi connectivity index (χ1) is 13.3. The van der Waals surface area contributed by atoms with Crippen LogP contribution in [0, 0.1) is 11.7 Å². The van der Waals surface area contributed by atoms with Crippen LogP contribution in [-0.2, 0) is 9.53 Å². The van der Waals surface area contributed by atoms with E-state index in [1.807, 2.05) is 0 Å². The molecule has 1 N–H and O–H groups in total. The summed E-state index contributed by atoms with van der Waals surface area (Å²) in [4.78, 5) is 16.9. The second-order valence-electron chi connectivity index (χ2n) is 6.78. The Kier molecular flexibility index (Phi) is 4.70. The van der Waals surface area contributed by atoms with Gasteiger partial charge in [0, 0.05) is 18.3 Å². The fraction of sp³-hybridized carbons (Fsp3) is 0.368. The number of halogens is 4. The maximum atomic E-state index is 14.4. The zero-order chi connectivity index (χ0) is 19.9. The van der Waals surface area contributed by atoms with Crippen molar-refractivity contribution in [3.8, 4) is 5.75 Å². The van der Waals surface area contributed by atoms with Gasteiger partial charge in [0.15, 0.2) is 11.6 Å². The molecule has 2 aliphatic rings. The molecule has 28 heavy (non-hydrogen) atoms. The Hall–Kier alpha value is -2.68. The fourth-order valence-corrected chi connectivity index (χ4v) is 4.05. The van der Waals surface area contributed by atoms with E-state index in [0.717, 1.165) is 18.1 Å². The van der Waals surface area contributed by atoms with Crippen LogP contribution < -0.4 is 10.1 Å². The van der Waals surface area contributed by atoms with Gasteiger partial charge in [-0.3, -0.25) is 9.78 Å². The molecular weight excluding hydrogens is 380 g/mol. The Morgan fingerprint density at radius 1 is 1.14 bits per heavy atom. The van der Waals surface area contributed by atoms with E-state index < -0.39 is 29.8 Å². The quantitative estimate of drug-likeness (QED) is 0.794. The Balaban J connectivity index is 1.57. The highest BCUT2D eigenvalue weighted by Crippen LogP contribution is 2.49. The maximum absolute atomic E-state index is 14.4. The van der Waals surface area contributed by atoms with Gasteiger partial charge in [-0.1, -0.05) is 6.07 Å². The maximum Gasteiger partial charge on any atom is 0.573 e. The lowest BCUT2D eigenvalue weighted by Gasteiger charge is -2.27. The molecule has 0 radical (unpaired) electrons. The zero-order valence-electron chi connectivity index (χ0n) is 14.4. The van der Waals surface area contributed by atoms with Gasteiger partial charge >= 0.3 is 6.36 Å². The third kappa shape index (κ3) is 3.54. The Morgan fingerprint density at radius 3 is 2.57 bits per heavy atom. The van der Waals surface area contributed by atoms with Crippen LogP contribution in [0.3, 0.4) is 0 Å². The van der Waals surface area contributed by atoms with Crippen molar-refractivity contribution in [3.05, 3.63) is 54.1 Å². The molecule has 2 saturated heterocycles. The standard InChI is InChI=1S/C19H16F4N2O3/c20-17-11(2-1-3-14(17)28-19(21,22)23)25-18(26)16-13-5-4-12(27-13)15(16)10-6-8-24-9-7-10/h1-3,6-9,12-13,15-16H,4-5H2,(H,25,26)/t12-,13+,15+,16+/m0/s1. The van der Waals surface area contributed by atoms with Gasteiger partial charge in [0.05, 0.1) is 23.8 Å². The average molecular weight is 396 g/mol. The molecule has 1 aromatic heterocycles. The van der Waals surface area contributed by atoms with Crippen molar-refractivity contribution >= 4 is 11.6 Å². The predicted molar refractivity (Wildman–Crippen MR) is 90.1 cm³/mol. The van der Waals surface area contributed by atoms with Gasteiger partial charge in [-0.25, -0.2) is 4.39 Å². The minimum absolute atomic E-state index is 0.132. The van der Waals surface area contributed by atoms with Gasteiger partial charge in [0.1, 0.15) is 0 Å². The number of anilines is 1. The molecule has 148 valence electrons. The van der Waals surface area contributed by atoms with Gasteiger partial charge < -0.3 is 14.8 Å². The number of pyridine rings is 1. The number of amides is 1. The van der Waals surface area contributed by atoms with Crippen LogP contribution in [0.25, 0.3) is 0 Å². The third-order valence-electron chi connectivity index (χ3n) is 5.11. The molecule has 2 fully saturated rings. The van der Waals surface area contributed by atoms with Crippen LogP contribution in [0.1, 0.15) is 24.3 Å². The van der Waals surface area contributed by atoms with Gasteiger partial charge in [-0.2, -0.15) is 0 Å². The highest BCUT2D eigenvalue weighted by Gasteiger charge is 2.52. The van der Waals surface area contributed by atoms with Crippen molar-refractivity contribution in [1.82, 2.24) is 4.98 Å². The van der Waals surface area contributed by atoms with E-state index in [-0.39, 0.29) is 23.8 Å². The van der Waals surface area contributed by atoms with Gasteiger partial charge in [0.25, 0.3) is 0 Å². The molecule has 9 heteroatoms. The van der Waals surface area contributed by atoms with Crippen molar-refractivity contribution in [1.29, 1.82) is 0 Å². The molecule has 0 unspecified atom stereocenters. The fourth-order valence-electron chi connectivity index (χ4n) is 4.05. The van der Waals surface area contributed by atoms with Crippen molar-refractivity contribution in [2.24, 2.45) is 5.92 Å². The predicted octanol–water partition coefficient (Wildman–Crippen LogP) is 4.02. The number of alkyl halides is 3. The summed E-state index contributed by atoms with van der Waals surface area (Å²) in [6.07, 6.45) is -0.737. The molecule has 4 rings (SSSR count). The van der Waals surface area contributed by atoms with Crippen molar-refractivity contribution in [2.45, 2.75) is 37.3 Å². The van der Waals surface area contributed by atoms with Crippen molar-refractivity contribution in [3.63, 3.8) is 0 Å². The van der Waals surface area contributed by atoms with E-state index >= 15 is 0 Å². The second-order valence-corrected chi connectivity index (χ2v) is 6.78. The Bertz CT molecular complexity index is 875.